The number of aromatic amines is 1. The number of H-pyrrole nitrogens is 1. The van der Waals surface area contributed by atoms with E-state index in [1.54, 1.807) is 24.3 Å². The van der Waals surface area contributed by atoms with Crippen LogP contribution < -0.4 is 10.6 Å². The van der Waals surface area contributed by atoms with Gasteiger partial charge in [-0.05, 0) is 36.6 Å². The Bertz CT molecular complexity index is 769. The highest BCUT2D eigenvalue weighted by molar-refractivity contribution is 7.99. The van der Waals surface area contributed by atoms with Gasteiger partial charge in [0.15, 0.2) is 0 Å². The number of anilines is 2. The van der Waals surface area contributed by atoms with Crippen LogP contribution in [0.15, 0.2) is 29.4 Å². The Labute approximate surface area is 163 Å². The number of nitrogens with one attached hydrogen (secondary N) is 3. The molecule has 2 aromatic rings. The van der Waals surface area contributed by atoms with Crippen molar-refractivity contribution in [3.05, 3.63) is 30.1 Å². The maximum absolute atomic E-state index is 12.1. The standard InChI is InChI=1S/C19H25N5O2S/c1-13(25)20-15-7-9-16(10-8-15)21-18(26)12-27-19-22-17(23-24-19)11-6-14-4-2-3-5-14/h7-10,14H,2-6,11-12H2,1H3,(H,20,25)(H,21,26)(H,22,23,24). The zero-order chi connectivity index (χ0) is 19.1. The van der Waals surface area contributed by atoms with Crippen LogP contribution in [-0.4, -0.2) is 32.7 Å². The number of rotatable bonds is 8. The maximum atomic E-state index is 12.1. The Morgan fingerprint density at radius 2 is 1.81 bits per heavy atom. The van der Waals surface area contributed by atoms with Gasteiger partial charge in [-0.3, -0.25) is 14.7 Å². The number of nitrogens with zero attached hydrogens (tertiary/aromatic N) is 2. The monoisotopic (exact) mass is 387 g/mol. The fraction of sp³-hybridized carbons (Fsp3) is 0.474. The van der Waals surface area contributed by atoms with Gasteiger partial charge in [-0.2, -0.15) is 0 Å². The van der Waals surface area contributed by atoms with Crippen LogP contribution >= 0.6 is 11.8 Å². The molecule has 27 heavy (non-hydrogen) atoms. The third kappa shape index (κ3) is 6.39. The summed E-state index contributed by atoms with van der Waals surface area (Å²) in [5.41, 5.74) is 1.38. The number of amides is 2. The summed E-state index contributed by atoms with van der Waals surface area (Å²) in [6, 6.07) is 7.00. The molecule has 3 N–H and O–H groups in total. The predicted octanol–water partition coefficient (Wildman–Crippen LogP) is 3.62. The number of carbonyl (C=O) groups excluding carboxylic acids is 2. The van der Waals surface area contributed by atoms with Crippen molar-refractivity contribution in [1.82, 2.24) is 15.2 Å². The summed E-state index contributed by atoms with van der Waals surface area (Å²) in [6.45, 7) is 1.45. The van der Waals surface area contributed by atoms with Gasteiger partial charge in [0.25, 0.3) is 0 Å². The highest BCUT2D eigenvalue weighted by atomic mass is 32.2. The summed E-state index contributed by atoms with van der Waals surface area (Å²) in [4.78, 5) is 27.6. The van der Waals surface area contributed by atoms with Crippen molar-refractivity contribution in [2.45, 2.75) is 50.6 Å². The van der Waals surface area contributed by atoms with Crippen molar-refractivity contribution in [3.63, 3.8) is 0 Å². The molecule has 1 aromatic carbocycles. The average Bonchev–Trinajstić information content (AvgIpc) is 3.31. The molecule has 0 radical (unpaired) electrons. The lowest BCUT2D eigenvalue weighted by Gasteiger charge is -2.06. The zero-order valence-electron chi connectivity index (χ0n) is 15.5. The van der Waals surface area contributed by atoms with Crippen LogP contribution in [0.25, 0.3) is 0 Å². The smallest absolute Gasteiger partial charge is 0.234 e. The second-order valence-corrected chi connectivity index (χ2v) is 7.79. The molecule has 1 saturated carbocycles. The van der Waals surface area contributed by atoms with Gasteiger partial charge in [-0.15, -0.1) is 5.10 Å². The molecule has 0 unspecified atom stereocenters. The predicted molar refractivity (Wildman–Crippen MR) is 107 cm³/mol. The third-order valence-corrected chi connectivity index (χ3v) is 5.44. The Balaban J connectivity index is 1.40. The van der Waals surface area contributed by atoms with Gasteiger partial charge in [0.2, 0.25) is 17.0 Å². The summed E-state index contributed by atoms with van der Waals surface area (Å²) >= 11 is 1.32. The molecule has 144 valence electrons. The van der Waals surface area contributed by atoms with E-state index in [0.29, 0.717) is 16.5 Å². The molecule has 2 amide bonds. The fourth-order valence-corrected chi connectivity index (χ4v) is 3.88. The summed E-state index contributed by atoms with van der Waals surface area (Å²) in [5.74, 6) is 1.72. The molecule has 0 bridgehead atoms. The van der Waals surface area contributed by atoms with Gasteiger partial charge < -0.3 is 10.6 Å². The van der Waals surface area contributed by atoms with Crippen LogP contribution in [0.3, 0.4) is 0 Å². The summed E-state index contributed by atoms with van der Waals surface area (Å²) in [7, 11) is 0. The van der Waals surface area contributed by atoms with Crippen molar-refractivity contribution in [1.29, 1.82) is 0 Å². The van der Waals surface area contributed by atoms with Gasteiger partial charge in [-0.1, -0.05) is 37.4 Å². The number of carbonyl (C=O) groups is 2. The molecule has 0 atom stereocenters. The maximum Gasteiger partial charge on any atom is 0.234 e. The van der Waals surface area contributed by atoms with E-state index in [1.165, 1.54) is 44.4 Å². The van der Waals surface area contributed by atoms with Crippen molar-refractivity contribution >= 4 is 35.0 Å². The molecule has 1 fully saturated rings. The molecule has 3 rings (SSSR count). The Hall–Kier alpha value is -2.35. The minimum absolute atomic E-state index is 0.121. The van der Waals surface area contributed by atoms with E-state index >= 15 is 0 Å². The SMILES string of the molecule is CC(=O)Nc1ccc(NC(=O)CSc2n[nH]c(CCC3CCCC3)n2)cc1. The number of hydrogen-bond donors (Lipinski definition) is 3. The van der Waals surface area contributed by atoms with Crippen LogP contribution in [0, 0.1) is 5.92 Å². The molecule has 1 aliphatic rings. The first kappa shape index (κ1) is 19.4. The molecule has 1 aromatic heterocycles. The van der Waals surface area contributed by atoms with Crippen LogP contribution in [0.4, 0.5) is 11.4 Å². The number of aryl methyl sites for hydroxylation is 1. The zero-order valence-corrected chi connectivity index (χ0v) is 16.3. The molecule has 0 aliphatic heterocycles. The quantitative estimate of drug-likeness (QED) is 0.601. The molecule has 0 spiro atoms. The lowest BCUT2D eigenvalue weighted by molar-refractivity contribution is -0.114. The van der Waals surface area contributed by atoms with E-state index in [0.717, 1.165) is 24.6 Å². The highest BCUT2D eigenvalue weighted by Gasteiger charge is 2.16. The number of benzene rings is 1. The minimum Gasteiger partial charge on any atom is -0.326 e. The third-order valence-electron chi connectivity index (χ3n) is 4.60. The molecule has 0 saturated heterocycles. The van der Waals surface area contributed by atoms with Gasteiger partial charge in [0, 0.05) is 24.7 Å². The summed E-state index contributed by atoms with van der Waals surface area (Å²) < 4.78 is 0. The molecule has 1 aliphatic carbocycles. The van der Waals surface area contributed by atoms with Crippen LogP contribution in [-0.2, 0) is 16.0 Å². The number of aromatic nitrogens is 3. The average molecular weight is 388 g/mol. The lowest BCUT2D eigenvalue weighted by Crippen LogP contribution is -2.14. The summed E-state index contributed by atoms with van der Waals surface area (Å²) in [6.07, 6.45) is 7.46. The van der Waals surface area contributed by atoms with Crippen LogP contribution in [0.5, 0.6) is 0 Å². The minimum atomic E-state index is -0.128. The van der Waals surface area contributed by atoms with E-state index in [-0.39, 0.29) is 17.6 Å². The first-order valence-electron chi connectivity index (χ1n) is 9.30. The lowest BCUT2D eigenvalue weighted by atomic mass is 10.0. The van der Waals surface area contributed by atoms with E-state index in [4.69, 9.17) is 0 Å². The first-order valence-corrected chi connectivity index (χ1v) is 10.3. The normalized spacial score (nSPS) is 14.3. The molecular formula is C19H25N5O2S. The van der Waals surface area contributed by atoms with Gasteiger partial charge in [-0.25, -0.2) is 4.98 Å². The van der Waals surface area contributed by atoms with E-state index < -0.39 is 0 Å². The largest absolute Gasteiger partial charge is 0.326 e. The van der Waals surface area contributed by atoms with Crippen LogP contribution in [0.2, 0.25) is 0 Å². The number of hydrogen-bond acceptors (Lipinski definition) is 5. The van der Waals surface area contributed by atoms with Gasteiger partial charge in [0.05, 0.1) is 5.75 Å². The molecule has 1 heterocycles. The molecular weight excluding hydrogens is 362 g/mol. The van der Waals surface area contributed by atoms with Crippen molar-refractivity contribution in [2.24, 2.45) is 5.92 Å². The van der Waals surface area contributed by atoms with Gasteiger partial charge >= 0.3 is 0 Å². The van der Waals surface area contributed by atoms with E-state index in [2.05, 4.69) is 25.8 Å². The Morgan fingerprint density at radius 3 is 2.48 bits per heavy atom. The van der Waals surface area contributed by atoms with Crippen molar-refractivity contribution < 1.29 is 9.59 Å². The fourth-order valence-electron chi connectivity index (χ4n) is 3.26. The van der Waals surface area contributed by atoms with E-state index in [9.17, 15) is 9.59 Å². The second-order valence-electron chi connectivity index (χ2n) is 6.85. The van der Waals surface area contributed by atoms with E-state index in [1.807, 2.05) is 0 Å². The van der Waals surface area contributed by atoms with Crippen molar-refractivity contribution in [2.75, 3.05) is 16.4 Å². The molecule has 7 nitrogen and oxygen atoms in total. The Morgan fingerprint density at radius 1 is 1.15 bits per heavy atom. The topological polar surface area (TPSA) is 99.8 Å². The highest BCUT2D eigenvalue weighted by Crippen LogP contribution is 2.28. The van der Waals surface area contributed by atoms with Gasteiger partial charge in [0.1, 0.15) is 5.82 Å². The summed E-state index contributed by atoms with van der Waals surface area (Å²) in [5, 5.41) is 13.3. The molecule has 8 heteroatoms. The van der Waals surface area contributed by atoms with Crippen LogP contribution in [0.1, 0.15) is 44.9 Å². The first-order chi connectivity index (χ1) is 13.1. The van der Waals surface area contributed by atoms with Crippen molar-refractivity contribution in [3.8, 4) is 0 Å². The number of thioether (sulfide) groups is 1. The Kier molecular flexibility index (Phi) is 6.86. The second kappa shape index (κ2) is 9.55.